The summed E-state index contributed by atoms with van der Waals surface area (Å²) in [6, 6.07) is 0. The van der Waals surface area contributed by atoms with Gasteiger partial charge in [-0.2, -0.15) is 0 Å². The Kier molecular flexibility index (Phi) is 6.81. The number of rotatable bonds is 5. The zero-order valence-electron chi connectivity index (χ0n) is 6.32. The predicted molar refractivity (Wildman–Crippen MR) is 52.0 cm³/mol. The van der Waals surface area contributed by atoms with E-state index in [4.69, 9.17) is 5.11 Å². The third kappa shape index (κ3) is 7.57. The van der Waals surface area contributed by atoms with Crippen molar-refractivity contribution in [3.63, 3.8) is 0 Å². The van der Waals surface area contributed by atoms with Crippen LogP contribution in [0.1, 0.15) is 0 Å². The SMILES string of the molecule is O=C(O)/C=C\C(=O)NCCSP. The Balaban J connectivity index is 3.53. The Labute approximate surface area is 76.7 Å². The van der Waals surface area contributed by atoms with Gasteiger partial charge in [-0.3, -0.25) is 4.79 Å². The van der Waals surface area contributed by atoms with Gasteiger partial charge >= 0.3 is 5.97 Å². The summed E-state index contributed by atoms with van der Waals surface area (Å²) in [6.07, 6.45) is 1.80. The second-order valence-corrected chi connectivity index (χ2v) is 3.57. The van der Waals surface area contributed by atoms with Gasteiger partial charge in [-0.25, -0.2) is 4.79 Å². The van der Waals surface area contributed by atoms with Crippen molar-refractivity contribution in [1.82, 2.24) is 5.32 Å². The van der Waals surface area contributed by atoms with Crippen LogP contribution in [0.4, 0.5) is 0 Å². The molecular formula is C6H10NO3PS. The van der Waals surface area contributed by atoms with Gasteiger partial charge in [-0.1, -0.05) is 8.44 Å². The molecule has 1 atom stereocenters. The Morgan fingerprint density at radius 2 is 2.17 bits per heavy atom. The summed E-state index contributed by atoms with van der Waals surface area (Å²) in [5, 5.41) is 10.7. The van der Waals surface area contributed by atoms with Crippen molar-refractivity contribution in [2.24, 2.45) is 0 Å². The van der Waals surface area contributed by atoms with Gasteiger partial charge in [-0.15, -0.1) is 11.4 Å². The minimum absolute atomic E-state index is 0.378. The van der Waals surface area contributed by atoms with E-state index in [1.165, 1.54) is 11.4 Å². The monoisotopic (exact) mass is 207 g/mol. The third-order valence-corrected chi connectivity index (χ3v) is 2.04. The van der Waals surface area contributed by atoms with E-state index in [2.05, 4.69) is 13.8 Å². The topological polar surface area (TPSA) is 66.4 Å². The van der Waals surface area contributed by atoms with E-state index < -0.39 is 5.97 Å². The van der Waals surface area contributed by atoms with Gasteiger partial charge < -0.3 is 10.4 Å². The number of carbonyl (C=O) groups excluding carboxylic acids is 1. The van der Waals surface area contributed by atoms with E-state index in [-0.39, 0.29) is 5.91 Å². The van der Waals surface area contributed by atoms with Gasteiger partial charge in [0.05, 0.1) is 0 Å². The van der Waals surface area contributed by atoms with Crippen LogP contribution in [0.3, 0.4) is 0 Å². The Bertz CT molecular complexity index is 195. The van der Waals surface area contributed by atoms with Crippen LogP contribution < -0.4 is 5.32 Å². The molecule has 0 aliphatic rings. The Morgan fingerprint density at radius 1 is 1.50 bits per heavy atom. The van der Waals surface area contributed by atoms with Gasteiger partial charge in [0.25, 0.3) is 0 Å². The van der Waals surface area contributed by atoms with E-state index in [1.807, 2.05) is 0 Å². The van der Waals surface area contributed by atoms with Crippen LogP contribution in [0.2, 0.25) is 0 Å². The number of carboxylic acids is 1. The highest BCUT2D eigenvalue weighted by molar-refractivity contribution is 8.43. The normalized spacial score (nSPS) is 10.1. The lowest BCUT2D eigenvalue weighted by atomic mass is 10.4. The van der Waals surface area contributed by atoms with E-state index in [0.29, 0.717) is 6.54 Å². The molecule has 0 saturated heterocycles. The van der Waals surface area contributed by atoms with Crippen molar-refractivity contribution in [2.45, 2.75) is 0 Å². The predicted octanol–water partition coefficient (Wildman–Crippen LogP) is 0.267. The highest BCUT2D eigenvalue weighted by Crippen LogP contribution is 2.07. The molecule has 68 valence electrons. The third-order valence-electron chi connectivity index (χ3n) is 0.896. The van der Waals surface area contributed by atoms with Crippen molar-refractivity contribution < 1.29 is 14.7 Å². The summed E-state index contributed by atoms with van der Waals surface area (Å²) in [5.41, 5.74) is 0. The minimum atomic E-state index is -1.12. The standard InChI is InChI=1S/C6H10NO3PS/c8-5(1-2-6(9)10)7-3-4-12-11/h1-2H,3-4,11H2,(H,7,8)(H,9,10)/b2-1-. The fourth-order valence-corrected chi connectivity index (χ4v) is 1.01. The first-order chi connectivity index (χ1) is 5.66. The van der Waals surface area contributed by atoms with Crippen LogP contribution >= 0.6 is 19.8 Å². The van der Waals surface area contributed by atoms with Crippen LogP contribution in [0, 0.1) is 0 Å². The Morgan fingerprint density at radius 3 is 2.67 bits per heavy atom. The number of nitrogens with one attached hydrogen (secondary N) is 1. The number of aliphatic carboxylic acids is 1. The highest BCUT2D eigenvalue weighted by atomic mass is 32.7. The maximum atomic E-state index is 10.7. The lowest BCUT2D eigenvalue weighted by Crippen LogP contribution is -2.23. The maximum Gasteiger partial charge on any atom is 0.328 e. The summed E-state index contributed by atoms with van der Waals surface area (Å²) < 4.78 is 0. The molecule has 0 aliphatic carbocycles. The summed E-state index contributed by atoms with van der Waals surface area (Å²) in [6.45, 7) is 0.539. The van der Waals surface area contributed by atoms with Crippen molar-refractivity contribution in [3.8, 4) is 0 Å². The molecule has 0 saturated carbocycles. The number of carboxylic acid groups (broad SMARTS) is 1. The molecule has 1 unspecified atom stereocenters. The second kappa shape index (κ2) is 7.13. The van der Waals surface area contributed by atoms with Gasteiger partial charge in [0.1, 0.15) is 0 Å². The van der Waals surface area contributed by atoms with Crippen LogP contribution in [0.15, 0.2) is 12.2 Å². The molecule has 12 heavy (non-hydrogen) atoms. The number of hydrogen-bond acceptors (Lipinski definition) is 3. The van der Waals surface area contributed by atoms with E-state index in [9.17, 15) is 9.59 Å². The smallest absolute Gasteiger partial charge is 0.328 e. The van der Waals surface area contributed by atoms with Gasteiger partial charge in [0.2, 0.25) is 5.91 Å². The molecule has 1 amide bonds. The lowest BCUT2D eigenvalue weighted by Gasteiger charge is -1.97. The summed E-state index contributed by atoms with van der Waals surface area (Å²) in [7, 11) is 2.46. The zero-order chi connectivity index (χ0) is 9.40. The van der Waals surface area contributed by atoms with Crippen molar-refractivity contribution in [3.05, 3.63) is 12.2 Å². The molecule has 0 radical (unpaired) electrons. The van der Waals surface area contributed by atoms with E-state index >= 15 is 0 Å². The largest absolute Gasteiger partial charge is 0.478 e. The van der Waals surface area contributed by atoms with Crippen LogP contribution in [-0.4, -0.2) is 29.3 Å². The van der Waals surface area contributed by atoms with E-state index in [0.717, 1.165) is 17.9 Å². The van der Waals surface area contributed by atoms with Gasteiger partial charge in [-0.05, 0) is 0 Å². The summed E-state index contributed by atoms with van der Waals surface area (Å²) in [5.74, 6) is -0.709. The molecule has 0 aliphatic heterocycles. The quantitative estimate of drug-likeness (QED) is 0.385. The molecule has 0 aromatic rings. The summed E-state index contributed by atoms with van der Waals surface area (Å²) >= 11 is 1.53. The molecule has 4 nitrogen and oxygen atoms in total. The molecule has 0 heterocycles. The van der Waals surface area contributed by atoms with Crippen LogP contribution in [0.25, 0.3) is 0 Å². The first-order valence-electron chi connectivity index (χ1n) is 3.17. The molecule has 0 aromatic carbocycles. The minimum Gasteiger partial charge on any atom is -0.478 e. The second-order valence-electron chi connectivity index (χ2n) is 1.83. The molecule has 0 aromatic heterocycles. The maximum absolute atomic E-state index is 10.7. The van der Waals surface area contributed by atoms with Crippen LogP contribution in [-0.2, 0) is 9.59 Å². The zero-order valence-corrected chi connectivity index (χ0v) is 8.29. The average Bonchev–Trinajstić information content (AvgIpc) is 2.01. The van der Waals surface area contributed by atoms with Crippen molar-refractivity contribution >= 4 is 31.7 Å². The highest BCUT2D eigenvalue weighted by Gasteiger charge is 1.94. The van der Waals surface area contributed by atoms with Gasteiger partial charge in [0, 0.05) is 24.4 Å². The van der Waals surface area contributed by atoms with Gasteiger partial charge in [0.15, 0.2) is 0 Å². The molecule has 2 N–H and O–H groups in total. The number of amides is 1. The molecule has 0 fully saturated rings. The Hall–Kier alpha value is -0.540. The average molecular weight is 207 g/mol. The van der Waals surface area contributed by atoms with Crippen molar-refractivity contribution in [1.29, 1.82) is 0 Å². The van der Waals surface area contributed by atoms with E-state index in [1.54, 1.807) is 0 Å². The number of carbonyl (C=O) groups is 2. The molecular weight excluding hydrogens is 197 g/mol. The summed E-state index contributed by atoms with van der Waals surface area (Å²) in [4.78, 5) is 20.7. The molecule has 0 bridgehead atoms. The first kappa shape index (κ1) is 11.5. The fourth-order valence-electron chi connectivity index (χ4n) is 0.439. The number of hydrogen-bond donors (Lipinski definition) is 2. The first-order valence-corrected chi connectivity index (χ1v) is 5.63. The lowest BCUT2D eigenvalue weighted by molar-refractivity contribution is -0.131. The molecule has 0 spiro atoms. The fraction of sp³-hybridized carbons (Fsp3) is 0.333. The van der Waals surface area contributed by atoms with Crippen molar-refractivity contribution in [2.75, 3.05) is 12.3 Å². The van der Waals surface area contributed by atoms with Crippen LogP contribution in [0.5, 0.6) is 0 Å². The molecule has 0 rings (SSSR count). The molecule has 6 heteroatoms.